The molecule has 0 amide bonds. The first-order chi connectivity index (χ1) is 17.3. The Labute approximate surface area is 207 Å². The highest BCUT2D eigenvalue weighted by Crippen LogP contribution is 2.31. The molecule has 0 spiro atoms. The average Bonchev–Trinajstić information content (AvgIpc) is 2.87. The molecule has 0 atom stereocenters. The molecule has 0 saturated heterocycles. The number of methoxy groups -OCH3 is 1. The number of aromatic nitrogens is 2. The summed E-state index contributed by atoms with van der Waals surface area (Å²) in [6.45, 7) is 2.07. The van der Waals surface area contributed by atoms with Crippen LogP contribution in [-0.2, 0) is 10.0 Å². The van der Waals surface area contributed by atoms with Gasteiger partial charge in [0.2, 0.25) is 0 Å². The predicted octanol–water partition coefficient (Wildman–Crippen LogP) is 3.94. The Balaban J connectivity index is 1.72. The van der Waals surface area contributed by atoms with E-state index in [1.54, 1.807) is 49.4 Å². The normalized spacial score (nSPS) is 10.8. The number of nitrogens with zero attached hydrogens (tertiary/aromatic N) is 2. The van der Waals surface area contributed by atoms with Crippen LogP contribution in [0.15, 0.2) is 71.9 Å². The van der Waals surface area contributed by atoms with E-state index in [0.29, 0.717) is 28.9 Å². The van der Waals surface area contributed by atoms with Crippen molar-refractivity contribution in [2.24, 2.45) is 0 Å². The average molecular weight is 504 g/mol. The maximum Gasteiger partial charge on any atom is 0.354 e. The molecule has 2 aromatic carbocycles. The first-order valence-electron chi connectivity index (χ1n) is 10.8. The number of carbonyl (C=O) groups is 1. The van der Waals surface area contributed by atoms with Crippen LogP contribution < -0.4 is 14.2 Å². The summed E-state index contributed by atoms with van der Waals surface area (Å²) in [6.07, 6.45) is 2.82. The number of nitrogens with one attached hydrogen (secondary N) is 1. The van der Waals surface area contributed by atoms with Crippen LogP contribution in [0.1, 0.15) is 28.5 Å². The van der Waals surface area contributed by atoms with Gasteiger partial charge in [-0.25, -0.2) is 18.2 Å². The largest absolute Gasteiger partial charge is 0.496 e. The zero-order chi connectivity index (χ0) is 25.7. The van der Waals surface area contributed by atoms with E-state index in [2.05, 4.69) is 26.5 Å². The van der Waals surface area contributed by atoms with Crippen LogP contribution in [0, 0.1) is 11.8 Å². The number of hydrogen-bond acceptors (Lipinski definition) is 7. The number of carboxylic acid groups (broad SMARTS) is 1. The summed E-state index contributed by atoms with van der Waals surface area (Å²) in [7, 11) is -2.54. The van der Waals surface area contributed by atoms with Gasteiger partial charge in [-0.1, -0.05) is 24.0 Å². The number of sulfonamides is 1. The number of ether oxygens (including phenoxy) is 2. The van der Waals surface area contributed by atoms with E-state index in [-0.39, 0.29) is 27.5 Å². The maximum absolute atomic E-state index is 13.4. The van der Waals surface area contributed by atoms with Crippen molar-refractivity contribution in [3.05, 3.63) is 83.8 Å². The van der Waals surface area contributed by atoms with Crippen LogP contribution >= 0.6 is 0 Å². The van der Waals surface area contributed by atoms with Gasteiger partial charge in [-0.3, -0.25) is 9.71 Å². The van der Waals surface area contributed by atoms with E-state index in [4.69, 9.17) is 9.47 Å². The molecule has 9 nitrogen and oxygen atoms in total. The molecule has 4 rings (SSSR count). The number of para-hydroxylation sites is 1. The van der Waals surface area contributed by atoms with Crippen molar-refractivity contribution in [1.82, 2.24) is 9.97 Å². The van der Waals surface area contributed by atoms with Crippen LogP contribution in [0.2, 0.25) is 0 Å². The third kappa shape index (κ3) is 5.06. The second-order valence-corrected chi connectivity index (χ2v) is 9.02. The Bertz CT molecular complexity index is 1620. The lowest BCUT2D eigenvalue weighted by Crippen LogP contribution is -2.14. The van der Waals surface area contributed by atoms with Crippen molar-refractivity contribution in [3.63, 3.8) is 0 Å². The minimum Gasteiger partial charge on any atom is -0.496 e. The van der Waals surface area contributed by atoms with Crippen LogP contribution in [0.25, 0.3) is 10.9 Å². The molecule has 0 unspecified atom stereocenters. The Morgan fingerprint density at radius 1 is 1.03 bits per heavy atom. The first-order valence-corrected chi connectivity index (χ1v) is 12.2. The van der Waals surface area contributed by atoms with Gasteiger partial charge in [0.1, 0.15) is 16.4 Å². The molecule has 2 aromatic heterocycles. The van der Waals surface area contributed by atoms with Gasteiger partial charge in [-0.15, -0.1) is 0 Å². The van der Waals surface area contributed by atoms with Crippen LogP contribution in [0.3, 0.4) is 0 Å². The molecule has 10 heteroatoms. The molecule has 0 saturated carbocycles. The van der Waals surface area contributed by atoms with E-state index in [1.165, 1.54) is 31.6 Å². The summed E-state index contributed by atoms with van der Waals surface area (Å²) in [5.74, 6) is 5.42. The zero-order valence-electron chi connectivity index (χ0n) is 19.3. The van der Waals surface area contributed by atoms with E-state index in [0.717, 1.165) is 0 Å². The highest BCUT2D eigenvalue weighted by atomic mass is 32.2. The lowest BCUT2D eigenvalue weighted by molar-refractivity contribution is 0.0690. The summed E-state index contributed by atoms with van der Waals surface area (Å²) in [4.78, 5) is 19.4. The van der Waals surface area contributed by atoms with E-state index in [9.17, 15) is 18.3 Å². The molecule has 0 bridgehead atoms. The standard InChI is InChI=1S/C26H21N3O6S/c1-3-35-23-15-21(26(30)31)28-16-18(23)11-10-17-7-4-5-9-20(17)29-36(32,33)24-13-12-22(34-2)19-8-6-14-27-25(19)24/h4-9,12-16,29H,3H2,1-2H3,(H,30,31). The summed E-state index contributed by atoms with van der Waals surface area (Å²) >= 11 is 0. The molecular weight excluding hydrogens is 482 g/mol. The SMILES string of the molecule is CCOc1cc(C(=O)O)ncc1C#Cc1ccccc1NS(=O)(=O)c1ccc(OC)c2cccnc12. The highest BCUT2D eigenvalue weighted by molar-refractivity contribution is 7.93. The Morgan fingerprint density at radius 3 is 2.56 bits per heavy atom. The fourth-order valence-corrected chi connectivity index (χ4v) is 4.70. The maximum atomic E-state index is 13.4. The lowest BCUT2D eigenvalue weighted by Gasteiger charge is -2.13. The second-order valence-electron chi connectivity index (χ2n) is 7.37. The van der Waals surface area contributed by atoms with Crippen molar-refractivity contribution >= 4 is 32.6 Å². The number of benzene rings is 2. The smallest absolute Gasteiger partial charge is 0.354 e. The van der Waals surface area contributed by atoms with E-state index in [1.807, 2.05) is 0 Å². The molecule has 0 radical (unpaired) electrons. The third-order valence-electron chi connectivity index (χ3n) is 5.09. The molecule has 0 aliphatic carbocycles. The number of hydrogen-bond donors (Lipinski definition) is 2. The number of carboxylic acids is 1. The quantitative estimate of drug-likeness (QED) is 0.363. The van der Waals surface area contributed by atoms with Crippen LogP contribution in [-0.4, -0.2) is 43.2 Å². The van der Waals surface area contributed by atoms with E-state index < -0.39 is 16.0 Å². The minimum atomic E-state index is -4.04. The fourth-order valence-electron chi connectivity index (χ4n) is 3.45. The Kier molecular flexibility index (Phi) is 7.03. The molecular formula is C26H21N3O6S. The molecule has 36 heavy (non-hydrogen) atoms. The molecule has 2 N–H and O–H groups in total. The van der Waals surface area contributed by atoms with Crippen molar-refractivity contribution in [3.8, 4) is 23.3 Å². The topological polar surface area (TPSA) is 128 Å². The Hall–Kier alpha value is -4.62. The van der Waals surface area contributed by atoms with Gasteiger partial charge in [0, 0.05) is 29.4 Å². The van der Waals surface area contributed by atoms with Gasteiger partial charge >= 0.3 is 5.97 Å². The minimum absolute atomic E-state index is 0.00578. The first kappa shape index (κ1) is 24.5. The lowest BCUT2D eigenvalue weighted by atomic mass is 10.1. The van der Waals surface area contributed by atoms with E-state index >= 15 is 0 Å². The number of aromatic carboxylic acids is 1. The molecule has 0 aliphatic heterocycles. The molecule has 4 aromatic rings. The van der Waals surface area contributed by atoms with Crippen molar-refractivity contribution < 1.29 is 27.8 Å². The van der Waals surface area contributed by atoms with Gasteiger partial charge in [0.15, 0.2) is 5.69 Å². The molecule has 2 heterocycles. The van der Waals surface area contributed by atoms with Crippen molar-refractivity contribution in [2.75, 3.05) is 18.4 Å². The van der Waals surface area contributed by atoms with Crippen LogP contribution in [0.4, 0.5) is 5.69 Å². The summed E-state index contributed by atoms with van der Waals surface area (Å²) in [5, 5.41) is 9.75. The van der Waals surface area contributed by atoms with Gasteiger partial charge in [0.05, 0.1) is 30.5 Å². The Morgan fingerprint density at radius 2 is 1.81 bits per heavy atom. The summed E-state index contributed by atoms with van der Waals surface area (Å²) < 4.78 is 40.2. The zero-order valence-corrected chi connectivity index (χ0v) is 20.2. The summed E-state index contributed by atoms with van der Waals surface area (Å²) in [5.41, 5.74) is 1.13. The number of pyridine rings is 2. The second kappa shape index (κ2) is 10.3. The monoisotopic (exact) mass is 503 g/mol. The highest BCUT2D eigenvalue weighted by Gasteiger charge is 2.21. The van der Waals surface area contributed by atoms with Gasteiger partial charge in [0.25, 0.3) is 10.0 Å². The van der Waals surface area contributed by atoms with Crippen molar-refractivity contribution in [2.45, 2.75) is 11.8 Å². The number of anilines is 1. The fraction of sp³-hybridized carbons (Fsp3) is 0.115. The predicted molar refractivity (Wildman–Crippen MR) is 134 cm³/mol. The number of rotatable bonds is 7. The van der Waals surface area contributed by atoms with Crippen molar-refractivity contribution in [1.29, 1.82) is 0 Å². The summed E-state index contributed by atoms with van der Waals surface area (Å²) in [6, 6.07) is 14.4. The third-order valence-corrected chi connectivity index (χ3v) is 6.49. The molecule has 182 valence electrons. The van der Waals surface area contributed by atoms with Gasteiger partial charge in [-0.05, 0) is 43.3 Å². The molecule has 0 fully saturated rings. The van der Waals surface area contributed by atoms with Gasteiger partial charge < -0.3 is 14.6 Å². The van der Waals surface area contributed by atoms with Gasteiger partial charge in [-0.2, -0.15) is 0 Å². The van der Waals surface area contributed by atoms with Crippen LogP contribution in [0.5, 0.6) is 11.5 Å². The number of fused-ring (bicyclic) bond motifs is 1. The molecule has 0 aliphatic rings.